The number of aromatic nitrogens is 1. The summed E-state index contributed by atoms with van der Waals surface area (Å²) in [5.74, 6) is 0. The van der Waals surface area contributed by atoms with E-state index in [9.17, 15) is 0 Å². The molecule has 92 heavy (non-hydrogen) atoms. The molecule has 9 heteroatoms. The third kappa shape index (κ3) is 8.72. The summed E-state index contributed by atoms with van der Waals surface area (Å²) in [6.07, 6.45) is 1.92. The molecule has 5 heterocycles. The maximum absolute atomic E-state index is 5.21. The molecule has 0 N–H and O–H groups in total. The Hall–Kier alpha value is -11.5. The number of para-hydroxylation sites is 9. The van der Waals surface area contributed by atoms with Gasteiger partial charge in [-0.3, -0.25) is 4.98 Å². The van der Waals surface area contributed by atoms with Crippen LogP contribution in [0.4, 0.5) is 85.3 Å². The van der Waals surface area contributed by atoms with Crippen LogP contribution in [0.1, 0.15) is 0 Å². The van der Waals surface area contributed by atoms with Crippen LogP contribution in [0.3, 0.4) is 0 Å². The predicted octanol–water partition coefficient (Wildman–Crippen LogP) is 18.2. The lowest BCUT2D eigenvalue weighted by atomic mass is 9.31. The van der Waals surface area contributed by atoms with Crippen molar-refractivity contribution in [3.63, 3.8) is 0 Å². The number of nitrogens with zero attached hydrogens (tertiary/aromatic N) is 6. The van der Waals surface area contributed by atoms with Crippen LogP contribution in [0.2, 0.25) is 0 Å². The SMILES string of the molecule is c1ccc(-c2cccc(-c3ccccn3)c2N2c3cc4c(cc3B3c5ccccc5N(c5ccccc5)c5cc(N(c6ccccc6)c6ccccc6)cc2c53)B2c3ccccc3N(c3ccccc3)c3cc(N(c5ccccc5)c5ccccc5)cc(c32)S4)cc1. The van der Waals surface area contributed by atoms with Crippen molar-refractivity contribution in [1.29, 1.82) is 0 Å². The van der Waals surface area contributed by atoms with E-state index in [1.54, 1.807) is 0 Å². The summed E-state index contributed by atoms with van der Waals surface area (Å²) in [7, 11) is 0. The van der Waals surface area contributed by atoms with Crippen molar-refractivity contribution >= 4 is 143 Å². The standard InChI is InChI=1S/C83H56B2N6S/c1-8-29-57(30-9-1)66-43-28-44-67(72-47-26-27-50-86-72)83(66)91-75-56-79-71(85-69-46-23-25-49-74(69)90(63-41-20-7-21-42-63)78-53-65(54-80(92-79)82(78)85)88(60-35-14-4-15-36-60)61-37-16-5-17-38-61)55-70(75)84-68-45-22-24-48-73(68)89(62-39-18-6-19-40-62)76-51-64(52-77(91)81(76)84)87(58-31-10-2-11-32-58)59-33-12-3-13-34-59/h1-56H. The molecule has 6 nitrogen and oxygen atoms in total. The second kappa shape index (κ2) is 22.2. The highest BCUT2D eigenvalue weighted by Crippen LogP contribution is 2.54. The normalized spacial score (nSPS) is 12.8. The highest BCUT2D eigenvalue weighted by molar-refractivity contribution is 8.00. The largest absolute Gasteiger partial charge is 0.311 e. The first-order valence-corrected chi connectivity index (χ1v) is 32.3. The molecule has 0 atom stereocenters. The molecule has 0 unspecified atom stereocenters. The van der Waals surface area contributed by atoms with Crippen LogP contribution in [0, 0.1) is 0 Å². The Bertz CT molecular complexity index is 4970. The van der Waals surface area contributed by atoms with E-state index >= 15 is 0 Å². The first kappa shape index (κ1) is 53.5. The smallest absolute Gasteiger partial charge is 0.252 e. The van der Waals surface area contributed by atoms with E-state index in [0.29, 0.717) is 0 Å². The number of benzene rings is 13. The fourth-order valence-corrected chi connectivity index (χ4v) is 16.1. The van der Waals surface area contributed by atoms with Gasteiger partial charge in [0.05, 0.1) is 17.1 Å². The number of anilines is 15. The molecule has 4 aliphatic rings. The molecule has 4 aliphatic heterocycles. The van der Waals surface area contributed by atoms with E-state index in [-0.39, 0.29) is 13.4 Å². The number of rotatable bonds is 11. The predicted molar refractivity (Wildman–Crippen MR) is 388 cm³/mol. The maximum Gasteiger partial charge on any atom is 0.252 e. The van der Waals surface area contributed by atoms with Gasteiger partial charge >= 0.3 is 0 Å². The average Bonchev–Trinajstić information content (AvgIpc) is 0.690. The van der Waals surface area contributed by atoms with Gasteiger partial charge in [0, 0.05) is 101 Å². The molecule has 0 bridgehead atoms. The van der Waals surface area contributed by atoms with Crippen molar-refractivity contribution in [2.45, 2.75) is 9.79 Å². The maximum atomic E-state index is 5.21. The van der Waals surface area contributed by atoms with Crippen LogP contribution in [0.5, 0.6) is 0 Å². The van der Waals surface area contributed by atoms with Gasteiger partial charge in [-0.05, 0) is 160 Å². The van der Waals surface area contributed by atoms with Gasteiger partial charge in [-0.2, -0.15) is 0 Å². The topological polar surface area (TPSA) is 29.1 Å². The molecular formula is C83H56B2N6S. The summed E-state index contributed by atoms with van der Waals surface area (Å²) < 4.78 is 0. The average molecular weight is 1190 g/mol. The Labute approximate surface area is 541 Å². The zero-order valence-corrected chi connectivity index (χ0v) is 50.9. The zero-order valence-electron chi connectivity index (χ0n) is 50.1. The molecule has 0 saturated carbocycles. The molecule has 0 amide bonds. The molecular weight excluding hydrogens is 1130 g/mol. The summed E-state index contributed by atoms with van der Waals surface area (Å²) in [4.78, 5) is 20.2. The van der Waals surface area contributed by atoms with Gasteiger partial charge in [0.2, 0.25) is 6.71 Å². The van der Waals surface area contributed by atoms with E-state index in [2.05, 4.69) is 352 Å². The Balaban J connectivity index is 0.971. The van der Waals surface area contributed by atoms with Crippen LogP contribution in [-0.4, -0.2) is 18.4 Å². The molecule has 14 aromatic rings. The minimum absolute atomic E-state index is 0.115. The molecule has 0 spiro atoms. The molecule has 430 valence electrons. The highest BCUT2D eigenvalue weighted by Gasteiger charge is 2.48. The number of fused-ring (bicyclic) bond motifs is 8. The van der Waals surface area contributed by atoms with E-state index < -0.39 is 0 Å². The molecule has 13 aromatic carbocycles. The lowest BCUT2D eigenvalue weighted by Gasteiger charge is -2.46. The second-order valence-electron chi connectivity index (χ2n) is 23.8. The Morgan fingerprint density at radius 2 is 0.717 bits per heavy atom. The van der Waals surface area contributed by atoms with Gasteiger partial charge in [-0.15, -0.1) is 0 Å². The third-order valence-electron chi connectivity index (χ3n) is 18.6. The van der Waals surface area contributed by atoms with Crippen molar-refractivity contribution in [2.24, 2.45) is 0 Å². The van der Waals surface area contributed by atoms with E-state index in [1.165, 1.54) is 53.9 Å². The van der Waals surface area contributed by atoms with Gasteiger partial charge in [-0.25, -0.2) is 0 Å². The number of pyridine rings is 1. The first-order chi connectivity index (χ1) is 45.7. The van der Waals surface area contributed by atoms with E-state index in [0.717, 1.165) is 96.3 Å². The lowest BCUT2D eigenvalue weighted by molar-refractivity contribution is 1.21. The van der Waals surface area contributed by atoms with Crippen LogP contribution >= 0.6 is 11.8 Å². The monoisotopic (exact) mass is 1190 g/mol. The van der Waals surface area contributed by atoms with Crippen LogP contribution in [0.25, 0.3) is 22.4 Å². The van der Waals surface area contributed by atoms with Gasteiger partial charge in [0.1, 0.15) is 0 Å². The number of hydrogen-bond donors (Lipinski definition) is 0. The number of hydrogen-bond acceptors (Lipinski definition) is 7. The quantitative estimate of drug-likeness (QED) is 0.119. The van der Waals surface area contributed by atoms with Crippen molar-refractivity contribution in [1.82, 2.24) is 4.98 Å². The molecule has 18 rings (SSSR count). The Morgan fingerprint density at radius 3 is 1.24 bits per heavy atom. The van der Waals surface area contributed by atoms with Crippen LogP contribution in [0.15, 0.2) is 350 Å². The van der Waals surface area contributed by atoms with Crippen molar-refractivity contribution < 1.29 is 0 Å². The fraction of sp³-hybridized carbons (Fsp3) is 0. The molecule has 0 aliphatic carbocycles. The van der Waals surface area contributed by atoms with Crippen molar-refractivity contribution in [3.8, 4) is 22.4 Å². The summed E-state index contributed by atoms with van der Waals surface area (Å²) in [5.41, 5.74) is 28.2. The molecule has 0 fully saturated rings. The van der Waals surface area contributed by atoms with Crippen LogP contribution in [-0.2, 0) is 0 Å². The van der Waals surface area contributed by atoms with Gasteiger partial charge in [0.25, 0.3) is 6.71 Å². The highest BCUT2D eigenvalue weighted by atomic mass is 32.2. The summed E-state index contributed by atoms with van der Waals surface area (Å²) in [6.45, 7) is -0.306. The lowest BCUT2D eigenvalue weighted by Crippen LogP contribution is -2.64. The fourth-order valence-electron chi connectivity index (χ4n) is 14.9. The van der Waals surface area contributed by atoms with E-state index in [1.807, 2.05) is 24.0 Å². The molecule has 0 radical (unpaired) electrons. The van der Waals surface area contributed by atoms with Crippen molar-refractivity contribution in [3.05, 3.63) is 340 Å². The van der Waals surface area contributed by atoms with Crippen LogP contribution < -0.4 is 57.3 Å². The first-order valence-electron chi connectivity index (χ1n) is 31.5. The van der Waals surface area contributed by atoms with Gasteiger partial charge in [-0.1, -0.05) is 223 Å². The van der Waals surface area contributed by atoms with Gasteiger partial charge < -0.3 is 24.5 Å². The van der Waals surface area contributed by atoms with Crippen molar-refractivity contribution in [2.75, 3.05) is 24.5 Å². The summed E-state index contributed by atoms with van der Waals surface area (Å²) >= 11 is 1.90. The van der Waals surface area contributed by atoms with Gasteiger partial charge in [0.15, 0.2) is 0 Å². The minimum atomic E-state index is -0.191. The Morgan fingerprint density at radius 1 is 0.283 bits per heavy atom. The third-order valence-corrected chi connectivity index (χ3v) is 19.8. The molecule has 0 saturated heterocycles. The minimum Gasteiger partial charge on any atom is -0.311 e. The van der Waals surface area contributed by atoms with E-state index in [4.69, 9.17) is 4.98 Å². The summed E-state index contributed by atoms with van der Waals surface area (Å²) in [6, 6.07) is 123. The molecule has 1 aromatic heterocycles. The zero-order chi connectivity index (χ0) is 60.6. The Kier molecular flexibility index (Phi) is 12.9. The second-order valence-corrected chi connectivity index (χ2v) is 24.9. The summed E-state index contributed by atoms with van der Waals surface area (Å²) in [5, 5.41) is 0.